The van der Waals surface area contributed by atoms with Crippen molar-refractivity contribution in [3.63, 3.8) is 0 Å². The zero-order valence-corrected chi connectivity index (χ0v) is 20.4. The van der Waals surface area contributed by atoms with E-state index in [2.05, 4.69) is 42.0 Å². The minimum absolute atomic E-state index is 0.0269. The standard InChI is InChI=1S/C26H38N2O4S/c1-2-3-12-15-24-25(32-24)16-13-10-8-6-4-5-7-9-11-14-17-26(29)28-33(30,31)23-20-18-22(27)19-21-23/h4,6-7,9-10,13,18-21,24-25H,2-3,5,8,11-12,14-17,27H2,1H3,(H,28,29)/b6-4-,9-7-,13-10-. The lowest BCUT2D eigenvalue weighted by atomic mass is 10.1. The van der Waals surface area contributed by atoms with Gasteiger partial charge in [-0.3, -0.25) is 4.79 Å². The van der Waals surface area contributed by atoms with E-state index in [0.717, 1.165) is 25.7 Å². The number of hydrogen-bond donors (Lipinski definition) is 2. The van der Waals surface area contributed by atoms with E-state index in [-0.39, 0.29) is 11.3 Å². The van der Waals surface area contributed by atoms with E-state index >= 15 is 0 Å². The third-order valence-corrected chi connectivity index (χ3v) is 6.79. The molecule has 33 heavy (non-hydrogen) atoms. The molecule has 1 aromatic rings. The van der Waals surface area contributed by atoms with Gasteiger partial charge in [0.25, 0.3) is 10.0 Å². The van der Waals surface area contributed by atoms with E-state index < -0.39 is 15.9 Å². The van der Waals surface area contributed by atoms with Gasteiger partial charge in [-0.25, -0.2) is 13.1 Å². The Hall–Kier alpha value is -2.38. The Labute approximate surface area is 199 Å². The number of epoxide rings is 1. The zero-order chi connectivity index (χ0) is 23.9. The maximum Gasteiger partial charge on any atom is 0.264 e. The predicted octanol–water partition coefficient (Wildman–Crippen LogP) is 5.43. The van der Waals surface area contributed by atoms with Crippen LogP contribution < -0.4 is 10.5 Å². The highest BCUT2D eigenvalue weighted by molar-refractivity contribution is 7.90. The van der Waals surface area contributed by atoms with Gasteiger partial charge in [-0.05, 0) is 62.8 Å². The summed E-state index contributed by atoms with van der Waals surface area (Å²) in [6.07, 6.45) is 22.9. The molecule has 1 saturated heterocycles. The number of nitrogens with one attached hydrogen (secondary N) is 1. The van der Waals surface area contributed by atoms with Gasteiger partial charge in [0.05, 0.1) is 17.1 Å². The number of carbonyl (C=O) groups excluding carboxylic acids is 1. The number of hydrogen-bond acceptors (Lipinski definition) is 5. The van der Waals surface area contributed by atoms with Crippen LogP contribution in [0.15, 0.2) is 65.6 Å². The highest BCUT2D eigenvalue weighted by Crippen LogP contribution is 2.30. The fourth-order valence-corrected chi connectivity index (χ4v) is 4.43. The number of ether oxygens (including phenoxy) is 1. The number of anilines is 1. The number of allylic oxidation sites excluding steroid dienone is 5. The molecule has 0 bridgehead atoms. The maximum atomic E-state index is 12.1. The number of amides is 1. The third kappa shape index (κ3) is 11.3. The molecule has 0 saturated carbocycles. The van der Waals surface area contributed by atoms with Crippen LogP contribution in [0.1, 0.15) is 71.1 Å². The van der Waals surface area contributed by atoms with Crippen molar-refractivity contribution in [2.24, 2.45) is 0 Å². The normalized spacial score (nSPS) is 18.5. The first-order chi connectivity index (χ1) is 15.9. The van der Waals surface area contributed by atoms with Crippen molar-refractivity contribution in [3.05, 3.63) is 60.7 Å². The summed E-state index contributed by atoms with van der Waals surface area (Å²) < 4.78 is 32.1. The molecule has 1 aliphatic heterocycles. The van der Waals surface area contributed by atoms with E-state index in [1.165, 1.54) is 49.9 Å². The van der Waals surface area contributed by atoms with Crippen LogP contribution in [0.2, 0.25) is 0 Å². The van der Waals surface area contributed by atoms with Gasteiger partial charge < -0.3 is 10.5 Å². The summed E-state index contributed by atoms with van der Waals surface area (Å²) in [5.74, 6) is -0.504. The minimum atomic E-state index is -3.84. The highest BCUT2D eigenvalue weighted by Gasteiger charge is 2.36. The molecular formula is C26H38N2O4S. The van der Waals surface area contributed by atoms with Gasteiger partial charge in [0.15, 0.2) is 0 Å². The van der Waals surface area contributed by atoms with Gasteiger partial charge >= 0.3 is 0 Å². The second-order valence-electron chi connectivity index (χ2n) is 8.32. The number of carbonyl (C=O) groups is 1. The fourth-order valence-electron chi connectivity index (χ4n) is 3.41. The van der Waals surface area contributed by atoms with E-state index in [4.69, 9.17) is 10.5 Å². The topological polar surface area (TPSA) is 102 Å². The summed E-state index contributed by atoms with van der Waals surface area (Å²) in [5, 5.41) is 0. The molecule has 7 heteroatoms. The average molecular weight is 475 g/mol. The molecule has 2 unspecified atom stereocenters. The van der Waals surface area contributed by atoms with Crippen molar-refractivity contribution in [1.29, 1.82) is 0 Å². The molecule has 0 aliphatic carbocycles. The average Bonchev–Trinajstić information content (AvgIpc) is 3.52. The van der Waals surface area contributed by atoms with Crippen LogP contribution in [0.4, 0.5) is 5.69 Å². The number of sulfonamides is 1. The second-order valence-corrected chi connectivity index (χ2v) is 10.0. The summed E-state index contributed by atoms with van der Waals surface area (Å²) in [5.41, 5.74) is 6.02. The van der Waals surface area contributed by atoms with E-state index in [9.17, 15) is 13.2 Å². The lowest BCUT2D eigenvalue weighted by Gasteiger charge is -2.06. The van der Waals surface area contributed by atoms with Crippen LogP contribution in [0.25, 0.3) is 0 Å². The summed E-state index contributed by atoms with van der Waals surface area (Å²) in [7, 11) is -3.84. The number of benzene rings is 1. The summed E-state index contributed by atoms with van der Waals surface area (Å²) in [4.78, 5) is 11.9. The molecule has 1 fully saturated rings. The quantitative estimate of drug-likeness (QED) is 0.144. The molecule has 6 nitrogen and oxygen atoms in total. The van der Waals surface area contributed by atoms with Gasteiger partial charge in [-0.2, -0.15) is 0 Å². The molecule has 2 atom stereocenters. The lowest BCUT2D eigenvalue weighted by Crippen LogP contribution is -2.30. The molecule has 3 N–H and O–H groups in total. The van der Waals surface area contributed by atoms with Crippen molar-refractivity contribution >= 4 is 21.6 Å². The molecule has 2 rings (SSSR count). The first-order valence-electron chi connectivity index (χ1n) is 11.9. The van der Waals surface area contributed by atoms with Gasteiger partial charge in [-0.1, -0.05) is 62.6 Å². The zero-order valence-electron chi connectivity index (χ0n) is 19.6. The van der Waals surface area contributed by atoms with Crippen LogP contribution in [0, 0.1) is 0 Å². The number of rotatable bonds is 16. The van der Waals surface area contributed by atoms with Crippen LogP contribution in [0.3, 0.4) is 0 Å². The predicted molar refractivity (Wildman–Crippen MR) is 134 cm³/mol. The fraction of sp³-hybridized carbons (Fsp3) is 0.500. The SMILES string of the molecule is CCCCCC1OC1C/C=C\C/C=C\C/C=C\CCCC(=O)NS(=O)(=O)c1ccc(N)cc1. The Morgan fingerprint density at radius 2 is 1.64 bits per heavy atom. The molecule has 1 aromatic carbocycles. The number of unbranched alkanes of at least 4 members (excludes halogenated alkanes) is 3. The third-order valence-electron chi connectivity index (χ3n) is 5.41. The van der Waals surface area contributed by atoms with Gasteiger partial charge in [0.1, 0.15) is 0 Å². The smallest absolute Gasteiger partial charge is 0.264 e. The lowest BCUT2D eigenvalue weighted by molar-refractivity contribution is -0.119. The summed E-state index contributed by atoms with van der Waals surface area (Å²) >= 11 is 0. The summed E-state index contributed by atoms with van der Waals surface area (Å²) in [6, 6.07) is 5.73. The second kappa shape index (κ2) is 14.7. The molecule has 0 radical (unpaired) electrons. The molecule has 1 heterocycles. The van der Waals surface area contributed by atoms with E-state index in [1.54, 1.807) is 0 Å². The van der Waals surface area contributed by atoms with Crippen molar-refractivity contribution in [1.82, 2.24) is 4.72 Å². The van der Waals surface area contributed by atoms with Gasteiger partial charge in [0.2, 0.25) is 5.91 Å². The monoisotopic (exact) mass is 474 g/mol. The Kier molecular flexibility index (Phi) is 12.0. The Morgan fingerprint density at radius 3 is 2.33 bits per heavy atom. The van der Waals surface area contributed by atoms with Crippen molar-refractivity contribution in [3.8, 4) is 0 Å². The van der Waals surface area contributed by atoms with Crippen LogP contribution in [-0.2, 0) is 19.6 Å². The number of nitrogens with two attached hydrogens (primary N) is 1. The molecule has 182 valence electrons. The first-order valence-corrected chi connectivity index (χ1v) is 13.4. The molecule has 0 spiro atoms. The number of nitrogen functional groups attached to an aromatic ring is 1. The first kappa shape index (κ1) is 26.9. The Balaban J connectivity index is 1.48. The summed E-state index contributed by atoms with van der Waals surface area (Å²) in [6.45, 7) is 2.22. The Morgan fingerprint density at radius 1 is 0.970 bits per heavy atom. The minimum Gasteiger partial charge on any atom is -0.399 e. The van der Waals surface area contributed by atoms with Gasteiger partial charge in [-0.15, -0.1) is 0 Å². The Bertz CT molecular complexity index is 905. The molecular weight excluding hydrogens is 436 g/mol. The van der Waals surface area contributed by atoms with Crippen molar-refractivity contribution in [2.45, 2.75) is 88.2 Å². The van der Waals surface area contributed by atoms with Crippen LogP contribution >= 0.6 is 0 Å². The molecule has 0 aromatic heterocycles. The van der Waals surface area contributed by atoms with Crippen molar-refractivity contribution in [2.75, 3.05) is 5.73 Å². The van der Waals surface area contributed by atoms with Crippen LogP contribution in [-0.4, -0.2) is 26.5 Å². The largest absolute Gasteiger partial charge is 0.399 e. The maximum absolute atomic E-state index is 12.1. The highest BCUT2D eigenvalue weighted by atomic mass is 32.2. The van der Waals surface area contributed by atoms with E-state index in [1.807, 2.05) is 6.08 Å². The van der Waals surface area contributed by atoms with Crippen LogP contribution in [0.5, 0.6) is 0 Å². The van der Waals surface area contributed by atoms with Gasteiger partial charge in [0, 0.05) is 12.1 Å². The molecule has 1 amide bonds. The van der Waals surface area contributed by atoms with E-state index in [0.29, 0.717) is 24.3 Å². The van der Waals surface area contributed by atoms with Crippen molar-refractivity contribution < 1.29 is 17.9 Å². The molecule has 1 aliphatic rings.